The van der Waals surface area contributed by atoms with Crippen molar-refractivity contribution < 1.29 is 19.1 Å². The van der Waals surface area contributed by atoms with Gasteiger partial charge in [-0.25, -0.2) is 4.98 Å². The zero-order valence-electron chi connectivity index (χ0n) is 14.2. The number of nitrogens with one attached hydrogen (secondary N) is 1. The van der Waals surface area contributed by atoms with Crippen LogP contribution >= 0.6 is 11.6 Å². The fourth-order valence-corrected chi connectivity index (χ4v) is 3.74. The first-order valence-electron chi connectivity index (χ1n) is 8.37. The van der Waals surface area contributed by atoms with Gasteiger partial charge in [0.05, 0.1) is 18.1 Å². The van der Waals surface area contributed by atoms with Gasteiger partial charge in [-0.3, -0.25) is 9.59 Å². The van der Waals surface area contributed by atoms with Gasteiger partial charge in [-0.05, 0) is 25.0 Å². The number of piperidine rings is 1. The summed E-state index contributed by atoms with van der Waals surface area (Å²) in [7, 11) is 1.59. The van der Waals surface area contributed by atoms with Gasteiger partial charge in [-0.15, -0.1) is 0 Å². The summed E-state index contributed by atoms with van der Waals surface area (Å²) in [4.78, 5) is 31.4. The molecule has 1 N–H and O–H groups in total. The molecule has 0 spiro atoms. The Morgan fingerprint density at radius 3 is 3.12 bits per heavy atom. The van der Waals surface area contributed by atoms with Crippen LogP contribution < -0.4 is 5.32 Å². The Balaban J connectivity index is 1.76. The molecule has 0 unspecified atom stereocenters. The molecule has 1 aromatic heterocycles. The quantitative estimate of drug-likeness (QED) is 0.623. The zero-order valence-corrected chi connectivity index (χ0v) is 14.9. The average Bonchev–Trinajstić information content (AvgIpc) is 3.05. The number of nitrogens with zero attached hydrogens (tertiary/aromatic N) is 2. The number of carbonyl (C=O) groups excluding carboxylic acids is 2. The molecule has 2 aliphatic rings. The van der Waals surface area contributed by atoms with E-state index in [2.05, 4.69) is 10.3 Å². The Kier molecular flexibility index (Phi) is 5.56. The van der Waals surface area contributed by atoms with Gasteiger partial charge in [-0.1, -0.05) is 17.7 Å². The molecule has 0 aromatic carbocycles. The number of halogens is 1. The maximum absolute atomic E-state index is 12.8. The number of carbonyl (C=O) groups is 2. The van der Waals surface area contributed by atoms with E-state index in [1.54, 1.807) is 30.2 Å². The highest BCUT2D eigenvalue weighted by atomic mass is 35.5. The predicted molar refractivity (Wildman–Crippen MR) is 91.4 cm³/mol. The van der Waals surface area contributed by atoms with Crippen molar-refractivity contribution in [3.05, 3.63) is 29.0 Å². The Labute approximate surface area is 151 Å². The van der Waals surface area contributed by atoms with Crippen LogP contribution in [-0.4, -0.2) is 67.8 Å². The number of fused-ring (bicyclic) bond motifs is 1. The summed E-state index contributed by atoms with van der Waals surface area (Å²) >= 11 is 5.89. The van der Waals surface area contributed by atoms with Gasteiger partial charge in [0.1, 0.15) is 10.8 Å². The van der Waals surface area contributed by atoms with Gasteiger partial charge in [-0.2, -0.15) is 0 Å². The van der Waals surface area contributed by atoms with Crippen molar-refractivity contribution in [3.63, 3.8) is 0 Å². The summed E-state index contributed by atoms with van der Waals surface area (Å²) in [6, 6.07) is 4.96. The number of methoxy groups -OCH3 is 1. The highest BCUT2D eigenvalue weighted by Gasteiger charge is 2.54. The molecule has 0 bridgehead atoms. The van der Waals surface area contributed by atoms with E-state index in [4.69, 9.17) is 21.1 Å². The molecule has 2 atom stereocenters. The molecule has 2 saturated heterocycles. The second kappa shape index (κ2) is 7.68. The van der Waals surface area contributed by atoms with Crippen LogP contribution in [0.1, 0.15) is 23.3 Å². The van der Waals surface area contributed by atoms with Crippen molar-refractivity contribution in [2.75, 3.05) is 40.0 Å². The van der Waals surface area contributed by atoms with Crippen molar-refractivity contribution in [3.8, 4) is 0 Å². The lowest BCUT2D eigenvalue weighted by molar-refractivity contribution is -0.138. The van der Waals surface area contributed by atoms with Gasteiger partial charge in [0.25, 0.3) is 5.91 Å². The van der Waals surface area contributed by atoms with Crippen LogP contribution in [0.5, 0.6) is 0 Å². The minimum atomic E-state index is -0.708. The van der Waals surface area contributed by atoms with E-state index in [0.29, 0.717) is 51.4 Å². The van der Waals surface area contributed by atoms with Crippen LogP contribution in [0.25, 0.3) is 0 Å². The molecular weight excluding hydrogens is 346 g/mol. The van der Waals surface area contributed by atoms with E-state index >= 15 is 0 Å². The summed E-state index contributed by atoms with van der Waals surface area (Å²) in [5.74, 6) is -0.291. The van der Waals surface area contributed by atoms with Gasteiger partial charge in [0.15, 0.2) is 0 Å². The number of likely N-dealkylation sites (tertiary alicyclic amines) is 1. The summed E-state index contributed by atoms with van der Waals surface area (Å²) in [6.07, 6.45) is 1.07. The van der Waals surface area contributed by atoms with Crippen LogP contribution in [0.4, 0.5) is 0 Å². The molecule has 3 rings (SSSR count). The first kappa shape index (κ1) is 18.1. The monoisotopic (exact) mass is 367 g/mol. The van der Waals surface area contributed by atoms with Crippen molar-refractivity contribution in [1.29, 1.82) is 0 Å². The molecule has 0 aliphatic carbocycles. The maximum Gasteiger partial charge on any atom is 0.272 e. The Morgan fingerprint density at radius 1 is 1.52 bits per heavy atom. The number of ether oxygens (including phenoxy) is 2. The van der Waals surface area contributed by atoms with Crippen LogP contribution in [0.3, 0.4) is 0 Å². The predicted octanol–water partition coefficient (Wildman–Crippen LogP) is 1.12. The Morgan fingerprint density at radius 2 is 2.36 bits per heavy atom. The van der Waals surface area contributed by atoms with Gasteiger partial charge in [0, 0.05) is 33.4 Å². The molecule has 7 nitrogen and oxygen atoms in total. The molecule has 2 amide bonds. The number of pyridine rings is 1. The van der Waals surface area contributed by atoms with E-state index in [9.17, 15) is 9.59 Å². The number of amides is 2. The van der Waals surface area contributed by atoms with E-state index in [1.165, 1.54) is 0 Å². The third kappa shape index (κ3) is 3.63. The molecule has 25 heavy (non-hydrogen) atoms. The summed E-state index contributed by atoms with van der Waals surface area (Å²) in [6.45, 7) is 2.27. The van der Waals surface area contributed by atoms with Crippen molar-refractivity contribution in [2.24, 2.45) is 5.41 Å². The lowest BCUT2D eigenvalue weighted by atomic mass is 9.75. The second-order valence-corrected chi connectivity index (χ2v) is 6.76. The number of rotatable bonds is 5. The molecule has 8 heteroatoms. The minimum absolute atomic E-state index is 0.0800. The Hall–Kier alpha value is -1.70. The third-order valence-corrected chi connectivity index (χ3v) is 5.09. The summed E-state index contributed by atoms with van der Waals surface area (Å²) < 4.78 is 10.8. The lowest BCUT2D eigenvalue weighted by Crippen LogP contribution is -2.58. The third-order valence-electron chi connectivity index (χ3n) is 4.88. The largest absolute Gasteiger partial charge is 0.383 e. The number of aromatic nitrogens is 1. The fraction of sp³-hybridized carbons (Fsp3) is 0.588. The summed E-state index contributed by atoms with van der Waals surface area (Å²) in [5, 5.41) is 3.18. The van der Waals surface area contributed by atoms with Crippen molar-refractivity contribution in [2.45, 2.75) is 18.9 Å². The summed E-state index contributed by atoms with van der Waals surface area (Å²) in [5.41, 5.74) is -0.417. The van der Waals surface area contributed by atoms with Crippen molar-refractivity contribution in [1.82, 2.24) is 15.2 Å². The zero-order chi connectivity index (χ0) is 17.9. The van der Waals surface area contributed by atoms with Crippen LogP contribution in [0, 0.1) is 5.41 Å². The lowest BCUT2D eigenvalue weighted by Gasteiger charge is -2.42. The second-order valence-electron chi connectivity index (χ2n) is 6.38. The van der Waals surface area contributed by atoms with Crippen LogP contribution in [-0.2, 0) is 14.3 Å². The first-order chi connectivity index (χ1) is 12.1. The van der Waals surface area contributed by atoms with Crippen LogP contribution in [0.15, 0.2) is 18.2 Å². The number of hydrogen-bond donors (Lipinski definition) is 1. The smallest absolute Gasteiger partial charge is 0.272 e. The normalized spacial score (nSPS) is 25.5. The SMILES string of the molecule is COCCNC(=O)[C@@]12CCO[C@@H]1CCN(C(=O)c1cccc(Cl)n1)C2. The van der Waals surface area contributed by atoms with Gasteiger partial charge in [0.2, 0.25) is 5.91 Å². The van der Waals surface area contributed by atoms with E-state index < -0.39 is 5.41 Å². The molecule has 0 radical (unpaired) electrons. The molecule has 3 heterocycles. The first-order valence-corrected chi connectivity index (χ1v) is 8.75. The van der Waals surface area contributed by atoms with E-state index in [0.717, 1.165) is 0 Å². The number of hydrogen-bond acceptors (Lipinski definition) is 5. The topological polar surface area (TPSA) is 80.8 Å². The van der Waals surface area contributed by atoms with Crippen molar-refractivity contribution >= 4 is 23.4 Å². The molecule has 2 aliphatic heterocycles. The van der Waals surface area contributed by atoms with Gasteiger partial charge < -0.3 is 19.7 Å². The van der Waals surface area contributed by atoms with Crippen LogP contribution in [0.2, 0.25) is 5.15 Å². The molecule has 136 valence electrons. The molecule has 2 fully saturated rings. The van der Waals surface area contributed by atoms with Gasteiger partial charge >= 0.3 is 0 Å². The molecule has 0 saturated carbocycles. The molecular formula is C17H22ClN3O4. The average molecular weight is 368 g/mol. The maximum atomic E-state index is 12.8. The minimum Gasteiger partial charge on any atom is -0.383 e. The van der Waals surface area contributed by atoms with E-state index in [-0.39, 0.29) is 23.1 Å². The standard InChI is InChI=1S/C17H22ClN3O4/c1-24-10-7-19-16(23)17-6-9-25-13(17)5-8-21(11-17)15(22)12-3-2-4-14(18)20-12/h2-4,13H,5-11H2,1H3,(H,19,23)/t13-,17-/m1/s1. The Bertz CT molecular complexity index is 657. The fourth-order valence-electron chi connectivity index (χ4n) is 3.57. The highest BCUT2D eigenvalue weighted by Crippen LogP contribution is 2.41. The van der Waals surface area contributed by atoms with E-state index in [1.807, 2.05) is 0 Å². The molecule has 1 aromatic rings. The highest BCUT2D eigenvalue weighted by molar-refractivity contribution is 6.29.